The van der Waals surface area contributed by atoms with E-state index in [0.717, 1.165) is 19.0 Å². The Morgan fingerprint density at radius 2 is 1.32 bits per heavy atom. The minimum atomic E-state index is 0.363. The first-order valence-electron chi connectivity index (χ1n) is 9.31. The number of nitrogens with zero attached hydrogens (tertiary/aromatic N) is 2. The molecule has 2 aliphatic rings. The van der Waals surface area contributed by atoms with E-state index in [-0.39, 0.29) is 0 Å². The fraction of sp³-hybridized carbons (Fsp3) is 1.00. The molecule has 1 atom stereocenters. The van der Waals surface area contributed by atoms with Crippen LogP contribution in [0, 0.1) is 5.92 Å². The summed E-state index contributed by atoms with van der Waals surface area (Å²) in [7, 11) is 0. The molecule has 0 aliphatic carbocycles. The molecule has 1 unspecified atom stereocenters. The monoisotopic (exact) mass is 311 g/mol. The third-order valence-electron chi connectivity index (χ3n) is 4.92. The molecular weight excluding hydrogens is 270 g/mol. The Balaban J connectivity index is 0.000000224. The van der Waals surface area contributed by atoms with Gasteiger partial charge in [-0.25, -0.2) is 0 Å². The predicted molar refractivity (Wildman–Crippen MR) is 98.5 cm³/mol. The predicted octanol–water partition coefficient (Wildman–Crippen LogP) is 3.60. The van der Waals surface area contributed by atoms with E-state index in [4.69, 9.17) is 0 Å². The summed E-state index contributed by atoms with van der Waals surface area (Å²) < 4.78 is 0. The van der Waals surface area contributed by atoms with E-state index in [1.165, 1.54) is 45.4 Å². The molecule has 132 valence electrons. The van der Waals surface area contributed by atoms with Crippen LogP contribution in [0.15, 0.2) is 0 Å². The van der Waals surface area contributed by atoms with Crippen LogP contribution in [-0.4, -0.2) is 60.1 Å². The van der Waals surface area contributed by atoms with Crippen LogP contribution in [0.25, 0.3) is 0 Å². The summed E-state index contributed by atoms with van der Waals surface area (Å²) in [4.78, 5) is 5.15. The van der Waals surface area contributed by atoms with Crippen LogP contribution in [0.2, 0.25) is 0 Å². The van der Waals surface area contributed by atoms with Crippen LogP contribution in [0.3, 0.4) is 0 Å². The molecule has 2 heterocycles. The van der Waals surface area contributed by atoms with E-state index in [2.05, 4.69) is 63.6 Å². The normalized spacial score (nSPS) is 26.0. The summed E-state index contributed by atoms with van der Waals surface area (Å²) >= 11 is 0. The second-order valence-electron chi connectivity index (χ2n) is 9.13. The molecule has 3 nitrogen and oxygen atoms in total. The minimum absolute atomic E-state index is 0.363. The molecule has 22 heavy (non-hydrogen) atoms. The van der Waals surface area contributed by atoms with Gasteiger partial charge in [-0.05, 0) is 66.8 Å². The number of nitrogens with one attached hydrogen (secondary N) is 1. The number of hydrogen-bond donors (Lipinski definition) is 1. The lowest BCUT2D eigenvalue weighted by atomic mass is 10.0. The Kier molecular flexibility index (Phi) is 7.84. The van der Waals surface area contributed by atoms with Crippen molar-refractivity contribution in [2.24, 2.45) is 5.92 Å². The lowest BCUT2D eigenvalue weighted by Gasteiger charge is -2.38. The highest BCUT2D eigenvalue weighted by atomic mass is 15.2. The van der Waals surface area contributed by atoms with Gasteiger partial charge < -0.3 is 5.32 Å². The average Bonchev–Trinajstić information content (AvgIpc) is 2.64. The van der Waals surface area contributed by atoms with Crippen molar-refractivity contribution in [3.63, 3.8) is 0 Å². The van der Waals surface area contributed by atoms with Gasteiger partial charge in [-0.1, -0.05) is 13.3 Å². The van der Waals surface area contributed by atoms with Crippen LogP contribution >= 0.6 is 0 Å². The zero-order valence-corrected chi connectivity index (χ0v) is 16.3. The second kappa shape index (κ2) is 8.65. The van der Waals surface area contributed by atoms with Gasteiger partial charge in [-0.15, -0.1) is 0 Å². The van der Waals surface area contributed by atoms with Crippen LogP contribution in [0.4, 0.5) is 0 Å². The average molecular weight is 312 g/mol. The van der Waals surface area contributed by atoms with Crippen molar-refractivity contribution in [2.45, 2.75) is 78.8 Å². The van der Waals surface area contributed by atoms with Gasteiger partial charge in [0.2, 0.25) is 0 Å². The molecule has 0 radical (unpaired) electrons. The quantitative estimate of drug-likeness (QED) is 0.737. The molecule has 2 fully saturated rings. The first kappa shape index (κ1) is 19.9. The van der Waals surface area contributed by atoms with Gasteiger partial charge in [0.05, 0.1) is 0 Å². The number of likely N-dealkylation sites (tertiary alicyclic amines) is 1. The lowest BCUT2D eigenvalue weighted by molar-refractivity contribution is 0.119. The summed E-state index contributed by atoms with van der Waals surface area (Å²) in [5, 5.41) is 3.35. The smallest absolute Gasteiger partial charge is 0.0126 e. The van der Waals surface area contributed by atoms with Gasteiger partial charge in [0, 0.05) is 43.8 Å². The molecule has 0 saturated carbocycles. The fourth-order valence-corrected chi connectivity index (χ4v) is 3.30. The molecule has 1 N–H and O–H groups in total. The molecule has 0 aromatic rings. The molecule has 2 rings (SSSR count). The third kappa shape index (κ3) is 7.43. The molecule has 0 bridgehead atoms. The second-order valence-corrected chi connectivity index (χ2v) is 9.13. The maximum absolute atomic E-state index is 3.35. The molecule has 0 spiro atoms. The molecule has 0 aromatic carbocycles. The Morgan fingerprint density at radius 3 is 1.77 bits per heavy atom. The molecule has 2 aliphatic heterocycles. The first-order valence-corrected chi connectivity index (χ1v) is 9.31. The Labute approximate surface area is 139 Å². The van der Waals surface area contributed by atoms with Crippen molar-refractivity contribution in [2.75, 3.05) is 39.3 Å². The van der Waals surface area contributed by atoms with Crippen molar-refractivity contribution in [1.29, 1.82) is 0 Å². The van der Waals surface area contributed by atoms with Crippen molar-refractivity contribution in [1.82, 2.24) is 15.1 Å². The van der Waals surface area contributed by atoms with Gasteiger partial charge in [0.1, 0.15) is 0 Å². The zero-order valence-electron chi connectivity index (χ0n) is 16.3. The number of rotatable bonds is 0. The highest BCUT2D eigenvalue weighted by Gasteiger charge is 2.24. The lowest BCUT2D eigenvalue weighted by Crippen LogP contribution is -2.51. The van der Waals surface area contributed by atoms with E-state index >= 15 is 0 Å². The van der Waals surface area contributed by atoms with Gasteiger partial charge in [-0.3, -0.25) is 9.80 Å². The van der Waals surface area contributed by atoms with Crippen molar-refractivity contribution in [3.8, 4) is 0 Å². The van der Waals surface area contributed by atoms with Crippen LogP contribution in [0.5, 0.6) is 0 Å². The SMILES string of the molecule is CC(C)(C)N1CCNCC1.CC1CCCCN(C(C)(C)C)C1. The molecule has 2 saturated heterocycles. The van der Waals surface area contributed by atoms with Crippen LogP contribution in [0.1, 0.15) is 67.7 Å². The Hall–Kier alpha value is -0.120. The van der Waals surface area contributed by atoms with E-state index in [1.807, 2.05) is 0 Å². The topological polar surface area (TPSA) is 18.5 Å². The number of piperazine rings is 1. The molecule has 3 heteroatoms. The maximum atomic E-state index is 3.35. The number of hydrogen-bond acceptors (Lipinski definition) is 3. The van der Waals surface area contributed by atoms with E-state index in [1.54, 1.807) is 0 Å². The van der Waals surface area contributed by atoms with E-state index in [9.17, 15) is 0 Å². The van der Waals surface area contributed by atoms with Crippen LogP contribution < -0.4 is 5.32 Å². The minimum Gasteiger partial charge on any atom is -0.314 e. The summed E-state index contributed by atoms with van der Waals surface area (Å²) in [6.07, 6.45) is 4.24. The van der Waals surface area contributed by atoms with E-state index < -0.39 is 0 Å². The van der Waals surface area contributed by atoms with Crippen molar-refractivity contribution >= 4 is 0 Å². The van der Waals surface area contributed by atoms with Gasteiger partial charge in [-0.2, -0.15) is 0 Å². The third-order valence-corrected chi connectivity index (χ3v) is 4.92. The molecule has 0 amide bonds. The van der Waals surface area contributed by atoms with Crippen molar-refractivity contribution in [3.05, 3.63) is 0 Å². The highest BCUT2D eigenvalue weighted by Crippen LogP contribution is 2.22. The fourth-order valence-electron chi connectivity index (χ4n) is 3.30. The van der Waals surface area contributed by atoms with Crippen LogP contribution in [-0.2, 0) is 0 Å². The summed E-state index contributed by atoms with van der Waals surface area (Å²) in [6, 6.07) is 0. The molecular formula is C19H41N3. The maximum Gasteiger partial charge on any atom is 0.0126 e. The highest BCUT2D eigenvalue weighted by molar-refractivity contribution is 4.80. The van der Waals surface area contributed by atoms with Gasteiger partial charge >= 0.3 is 0 Å². The standard InChI is InChI=1S/C11H23N.C8H18N2/c1-10-7-5-6-8-12(9-10)11(2,3)4;1-8(2,3)10-6-4-9-5-7-10/h10H,5-9H2,1-4H3;9H,4-7H2,1-3H3. The summed E-state index contributed by atoms with van der Waals surface area (Å²) in [5.41, 5.74) is 0.737. The van der Waals surface area contributed by atoms with Gasteiger partial charge in [0.25, 0.3) is 0 Å². The largest absolute Gasteiger partial charge is 0.314 e. The Morgan fingerprint density at radius 1 is 0.773 bits per heavy atom. The summed E-state index contributed by atoms with van der Waals surface area (Å²) in [6.45, 7) is 23.5. The summed E-state index contributed by atoms with van der Waals surface area (Å²) in [5.74, 6) is 0.895. The van der Waals surface area contributed by atoms with Gasteiger partial charge in [0.15, 0.2) is 0 Å². The molecule has 0 aromatic heterocycles. The zero-order chi connectivity index (χ0) is 16.8. The van der Waals surface area contributed by atoms with Crippen molar-refractivity contribution < 1.29 is 0 Å². The Bertz CT molecular complexity index is 295. The first-order chi connectivity index (χ1) is 10.1. The van der Waals surface area contributed by atoms with E-state index in [0.29, 0.717) is 11.1 Å².